The summed E-state index contributed by atoms with van der Waals surface area (Å²) in [7, 11) is 0. The highest BCUT2D eigenvalue weighted by Crippen LogP contribution is 2.06. The molecule has 2 N–H and O–H groups in total. The Morgan fingerprint density at radius 3 is 2.04 bits per heavy atom. The molecule has 0 aromatic carbocycles. The fourth-order valence-electron chi connectivity index (χ4n) is 2.14. The van der Waals surface area contributed by atoms with E-state index in [1.807, 2.05) is 0 Å². The molecule has 0 saturated carbocycles. The molecule has 150 valence electrons. The molecule has 0 aliphatic heterocycles. The van der Waals surface area contributed by atoms with Crippen LogP contribution in [0.3, 0.4) is 0 Å². The van der Waals surface area contributed by atoms with Crippen molar-refractivity contribution in [3.8, 4) is 35.5 Å². The second kappa shape index (κ2) is 20.4. The number of rotatable bonds is 12. The van der Waals surface area contributed by atoms with E-state index in [1.165, 1.54) is 38.5 Å². The van der Waals surface area contributed by atoms with Crippen molar-refractivity contribution in [1.29, 1.82) is 0 Å². The van der Waals surface area contributed by atoms with Crippen molar-refractivity contribution in [2.24, 2.45) is 0 Å². The van der Waals surface area contributed by atoms with Gasteiger partial charge in [0.2, 0.25) is 0 Å². The Kier molecular flexibility index (Phi) is 18.9. The number of hydrogen-bond donors (Lipinski definition) is 2. The zero-order chi connectivity index (χ0) is 20.0. The molecule has 4 heteroatoms. The molecule has 0 amide bonds. The second-order valence-electron chi connectivity index (χ2n) is 6.30. The van der Waals surface area contributed by atoms with Gasteiger partial charge in [-0.1, -0.05) is 62.7 Å². The predicted octanol–water partition coefficient (Wildman–Crippen LogP) is 3.59. The van der Waals surface area contributed by atoms with E-state index >= 15 is 0 Å². The lowest BCUT2D eigenvalue weighted by Crippen LogP contribution is -2.21. The first-order chi connectivity index (χ1) is 13.2. The minimum atomic E-state index is -1.01. The van der Waals surface area contributed by atoms with Crippen LogP contribution in [0.15, 0.2) is 0 Å². The van der Waals surface area contributed by atoms with Gasteiger partial charge in [-0.3, -0.25) is 4.79 Å². The number of carbonyl (C=O) groups excluding carboxylic acids is 1. The number of aliphatic hydroxyl groups excluding tert-OH is 2. The normalized spacial score (nSPS) is 10.5. The van der Waals surface area contributed by atoms with Crippen LogP contribution in [0, 0.1) is 35.5 Å². The van der Waals surface area contributed by atoms with Gasteiger partial charge in [0.15, 0.2) is 0 Å². The monoisotopic (exact) mass is 374 g/mol. The number of hydrogen-bond acceptors (Lipinski definition) is 4. The summed E-state index contributed by atoms with van der Waals surface area (Å²) in [5.41, 5.74) is 0. The van der Waals surface area contributed by atoms with E-state index in [2.05, 4.69) is 42.4 Å². The van der Waals surface area contributed by atoms with Crippen molar-refractivity contribution in [3.05, 3.63) is 0 Å². The van der Waals surface area contributed by atoms with Gasteiger partial charge in [-0.25, -0.2) is 0 Å². The molecule has 0 saturated heterocycles. The number of ether oxygens (including phenoxy) is 1. The van der Waals surface area contributed by atoms with E-state index in [9.17, 15) is 4.79 Å². The van der Waals surface area contributed by atoms with Crippen LogP contribution in [-0.4, -0.2) is 35.5 Å². The summed E-state index contributed by atoms with van der Waals surface area (Å²) >= 11 is 0. The van der Waals surface area contributed by atoms with Crippen LogP contribution in [0.2, 0.25) is 0 Å². The van der Waals surface area contributed by atoms with E-state index < -0.39 is 12.7 Å². The lowest BCUT2D eigenvalue weighted by atomic mass is 10.1. The molecule has 0 aromatic heterocycles. The maximum atomic E-state index is 11.3. The van der Waals surface area contributed by atoms with Crippen molar-refractivity contribution in [2.45, 2.75) is 90.1 Å². The zero-order valence-electron chi connectivity index (χ0n) is 16.7. The number of unbranched alkanes of at least 4 members (excludes halogenated alkanes) is 7. The van der Waals surface area contributed by atoms with Crippen molar-refractivity contribution in [2.75, 3.05) is 13.2 Å². The van der Waals surface area contributed by atoms with Gasteiger partial charge in [0, 0.05) is 19.3 Å². The van der Waals surface area contributed by atoms with E-state index in [4.69, 9.17) is 14.9 Å². The second-order valence-corrected chi connectivity index (χ2v) is 6.30. The lowest BCUT2D eigenvalue weighted by molar-refractivity contribution is -0.147. The molecular formula is C23H34O4. The van der Waals surface area contributed by atoms with Crippen LogP contribution in [0.25, 0.3) is 0 Å². The Morgan fingerprint density at radius 1 is 0.852 bits per heavy atom. The Hall–Kier alpha value is -1.93. The molecule has 0 aromatic rings. The minimum Gasteiger partial charge on any atom is -0.463 e. The van der Waals surface area contributed by atoms with Crippen LogP contribution in [-0.2, 0) is 9.53 Å². The SMILES string of the molecule is CCCCCCCCC#CCC#CCC#CCCCC(=O)OCC(O)CO. The van der Waals surface area contributed by atoms with Crippen LogP contribution >= 0.6 is 0 Å². The van der Waals surface area contributed by atoms with Crippen molar-refractivity contribution in [1.82, 2.24) is 0 Å². The van der Waals surface area contributed by atoms with E-state index in [-0.39, 0.29) is 19.0 Å². The van der Waals surface area contributed by atoms with Gasteiger partial charge >= 0.3 is 5.97 Å². The third kappa shape index (κ3) is 20.2. The van der Waals surface area contributed by atoms with E-state index in [1.54, 1.807) is 0 Å². The quantitative estimate of drug-likeness (QED) is 0.311. The lowest BCUT2D eigenvalue weighted by Gasteiger charge is -2.07. The highest BCUT2D eigenvalue weighted by atomic mass is 16.5. The van der Waals surface area contributed by atoms with Gasteiger partial charge in [0.1, 0.15) is 12.7 Å². The first kappa shape index (κ1) is 25.1. The first-order valence-electron chi connectivity index (χ1n) is 10.0. The highest BCUT2D eigenvalue weighted by molar-refractivity contribution is 5.69. The zero-order valence-corrected chi connectivity index (χ0v) is 16.7. The predicted molar refractivity (Wildman–Crippen MR) is 108 cm³/mol. The molecule has 0 rings (SSSR count). The molecule has 0 radical (unpaired) electrons. The largest absolute Gasteiger partial charge is 0.463 e. The third-order valence-corrected chi connectivity index (χ3v) is 3.71. The summed E-state index contributed by atoms with van der Waals surface area (Å²) < 4.78 is 4.79. The Bertz CT molecular complexity index is 548. The summed E-state index contributed by atoms with van der Waals surface area (Å²) in [6.45, 7) is 1.65. The van der Waals surface area contributed by atoms with Gasteiger partial charge in [0.05, 0.1) is 19.4 Å². The smallest absolute Gasteiger partial charge is 0.305 e. The summed E-state index contributed by atoms with van der Waals surface area (Å²) in [5.74, 6) is 17.8. The van der Waals surface area contributed by atoms with Gasteiger partial charge in [0.25, 0.3) is 0 Å². The van der Waals surface area contributed by atoms with Gasteiger partial charge in [-0.2, -0.15) is 0 Å². The molecule has 27 heavy (non-hydrogen) atoms. The maximum absolute atomic E-state index is 11.3. The Labute approximate surface area is 165 Å². The van der Waals surface area contributed by atoms with Gasteiger partial charge < -0.3 is 14.9 Å². The molecule has 0 spiro atoms. The molecule has 1 unspecified atom stereocenters. The summed E-state index contributed by atoms with van der Waals surface area (Å²) in [6.07, 6.45) is 10.3. The summed E-state index contributed by atoms with van der Waals surface area (Å²) in [4.78, 5) is 11.3. The molecule has 1 atom stereocenters. The Balaban J connectivity index is 3.54. The van der Waals surface area contributed by atoms with Crippen molar-refractivity contribution >= 4 is 5.97 Å². The highest BCUT2D eigenvalue weighted by Gasteiger charge is 2.06. The van der Waals surface area contributed by atoms with E-state index in [0.717, 1.165) is 6.42 Å². The van der Waals surface area contributed by atoms with Crippen LogP contribution in [0.4, 0.5) is 0 Å². The average Bonchev–Trinajstić information content (AvgIpc) is 2.68. The van der Waals surface area contributed by atoms with Crippen LogP contribution < -0.4 is 0 Å². The van der Waals surface area contributed by atoms with Crippen molar-refractivity contribution in [3.63, 3.8) is 0 Å². The molecule has 0 bridgehead atoms. The van der Waals surface area contributed by atoms with E-state index in [0.29, 0.717) is 25.7 Å². The standard InChI is InChI=1S/C23H34O4/c1-2-3-4-5-6-7-8-9-10-11-12-13-14-15-16-17-18-19-23(26)27-21-22(25)20-24/h22,24-25H,2-8,11,14,17-21H2,1H3. The molecule has 0 heterocycles. The molecule has 0 aliphatic carbocycles. The maximum Gasteiger partial charge on any atom is 0.305 e. The number of esters is 1. The van der Waals surface area contributed by atoms with Crippen LogP contribution in [0.5, 0.6) is 0 Å². The third-order valence-electron chi connectivity index (χ3n) is 3.71. The summed E-state index contributed by atoms with van der Waals surface area (Å²) in [6, 6.07) is 0. The van der Waals surface area contributed by atoms with Crippen LogP contribution in [0.1, 0.15) is 84.0 Å². The number of aliphatic hydroxyl groups is 2. The average molecular weight is 375 g/mol. The van der Waals surface area contributed by atoms with Gasteiger partial charge in [-0.05, 0) is 12.8 Å². The fourth-order valence-corrected chi connectivity index (χ4v) is 2.14. The summed E-state index contributed by atoms with van der Waals surface area (Å²) in [5, 5.41) is 17.7. The molecular weight excluding hydrogens is 340 g/mol. The Morgan fingerprint density at radius 2 is 1.41 bits per heavy atom. The minimum absolute atomic E-state index is 0.168. The molecule has 0 aliphatic rings. The fraction of sp³-hybridized carbons (Fsp3) is 0.696. The first-order valence-corrected chi connectivity index (χ1v) is 10.0. The van der Waals surface area contributed by atoms with Gasteiger partial charge in [-0.15, -0.1) is 11.8 Å². The number of carbonyl (C=O) groups is 1. The molecule has 4 nitrogen and oxygen atoms in total. The topological polar surface area (TPSA) is 66.8 Å². The molecule has 0 fully saturated rings. The van der Waals surface area contributed by atoms with Crippen molar-refractivity contribution < 1.29 is 19.7 Å².